The van der Waals surface area contributed by atoms with Crippen LogP contribution in [0.4, 0.5) is 0 Å². The van der Waals surface area contributed by atoms with Gasteiger partial charge in [-0.05, 0) is 31.7 Å². The first kappa shape index (κ1) is 7.83. The van der Waals surface area contributed by atoms with E-state index >= 15 is 0 Å². The Hall–Kier alpha value is -0.800. The highest BCUT2D eigenvalue weighted by molar-refractivity contribution is 5.32. The largest absolute Gasteiger partial charge is 0.374 e. The number of aliphatic hydroxyl groups is 1. The minimum atomic E-state index is -0.828. The van der Waals surface area contributed by atoms with Crippen molar-refractivity contribution in [3.63, 3.8) is 0 Å². The second-order valence-corrected chi connectivity index (χ2v) is 3.54. The second-order valence-electron chi connectivity index (χ2n) is 3.54. The van der Waals surface area contributed by atoms with Gasteiger partial charge in [-0.1, -0.05) is 0 Å². The molecule has 1 atom stereocenters. The average Bonchev–Trinajstić information content (AvgIpc) is 2.75. The summed E-state index contributed by atoms with van der Waals surface area (Å²) in [7, 11) is 0. The molecule has 1 unspecified atom stereocenters. The summed E-state index contributed by atoms with van der Waals surface area (Å²) in [6.07, 6.45) is 1.62. The van der Waals surface area contributed by atoms with Gasteiger partial charge in [-0.25, -0.2) is 0 Å². The van der Waals surface area contributed by atoms with E-state index < -0.39 is 6.23 Å². The molecule has 0 spiro atoms. The summed E-state index contributed by atoms with van der Waals surface area (Å²) in [5.74, 6) is 0.617. The highest BCUT2D eigenvalue weighted by atomic mass is 16.3. The van der Waals surface area contributed by atoms with Gasteiger partial charge >= 0.3 is 0 Å². The van der Waals surface area contributed by atoms with Gasteiger partial charge in [0, 0.05) is 17.0 Å². The van der Waals surface area contributed by atoms with Crippen LogP contribution in [0.3, 0.4) is 0 Å². The zero-order valence-electron chi connectivity index (χ0n) is 7.17. The first-order chi connectivity index (χ1) is 5.68. The van der Waals surface area contributed by atoms with Gasteiger partial charge in [0.2, 0.25) is 0 Å². The minimum absolute atomic E-state index is 0.617. The number of aliphatic hydroxyl groups excluding tert-OH is 1. The van der Waals surface area contributed by atoms with Gasteiger partial charge < -0.3 is 15.8 Å². The quantitative estimate of drug-likeness (QED) is 0.577. The first-order valence-electron chi connectivity index (χ1n) is 4.31. The van der Waals surface area contributed by atoms with Crippen molar-refractivity contribution in [1.29, 1.82) is 0 Å². The molecule has 1 heterocycles. The third-order valence-electron chi connectivity index (χ3n) is 2.32. The van der Waals surface area contributed by atoms with Crippen molar-refractivity contribution in [2.24, 2.45) is 5.73 Å². The van der Waals surface area contributed by atoms with Crippen molar-refractivity contribution in [3.05, 3.63) is 23.0 Å². The Morgan fingerprint density at radius 3 is 2.83 bits per heavy atom. The Balaban J connectivity index is 2.36. The Morgan fingerprint density at radius 2 is 2.33 bits per heavy atom. The number of hydrogen-bond donors (Lipinski definition) is 3. The second kappa shape index (κ2) is 2.61. The lowest BCUT2D eigenvalue weighted by atomic mass is 10.1. The van der Waals surface area contributed by atoms with Crippen LogP contribution < -0.4 is 5.73 Å². The van der Waals surface area contributed by atoms with E-state index in [1.165, 1.54) is 12.8 Å². The maximum Gasteiger partial charge on any atom is 0.130 e. The number of hydrogen-bond acceptors (Lipinski definition) is 2. The fourth-order valence-electron chi connectivity index (χ4n) is 1.59. The lowest BCUT2D eigenvalue weighted by Crippen LogP contribution is -2.09. The van der Waals surface area contributed by atoms with Crippen LogP contribution in [-0.2, 0) is 0 Å². The Bertz CT molecular complexity index is 267. The highest BCUT2D eigenvalue weighted by Gasteiger charge is 2.28. The lowest BCUT2D eigenvalue weighted by molar-refractivity contribution is 0.185. The van der Waals surface area contributed by atoms with Crippen LogP contribution in [0.5, 0.6) is 0 Å². The summed E-state index contributed by atoms with van der Waals surface area (Å²) in [6.45, 7) is 1.98. The van der Waals surface area contributed by atoms with E-state index in [0.29, 0.717) is 5.92 Å². The molecule has 12 heavy (non-hydrogen) atoms. The molecule has 66 valence electrons. The first-order valence-corrected chi connectivity index (χ1v) is 4.31. The molecule has 0 saturated heterocycles. The van der Waals surface area contributed by atoms with Crippen molar-refractivity contribution < 1.29 is 5.11 Å². The van der Waals surface area contributed by atoms with Gasteiger partial charge in [-0.2, -0.15) is 0 Å². The summed E-state index contributed by atoms with van der Waals surface area (Å²) in [5.41, 5.74) is 8.52. The fraction of sp³-hybridized carbons (Fsp3) is 0.556. The average molecular weight is 166 g/mol. The van der Waals surface area contributed by atoms with Crippen LogP contribution >= 0.6 is 0 Å². The Morgan fingerprint density at radius 1 is 1.67 bits per heavy atom. The molecule has 4 N–H and O–H groups in total. The maximum absolute atomic E-state index is 9.25. The fourth-order valence-corrected chi connectivity index (χ4v) is 1.59. The van der Waals surface area contributed by atoms with Crippen LogP contribution in [0.1, 0.15) is 41.9 Å². The topological polar surface area (TPSA) is 62.0 Å². The molecule has 0 aromatic carbocycles. The molecule has 1 aromatic heterocycles. The van der Waals surface area contributed by atoms with Gasteiger partial charge in [0.15, 0.2) is 0 Å². The standard InChI is InChI=1S/C9H14N2O/c1-5-4-7(9(10)12)8(11-5)6-2-3-6/h4,6,9,11-12H,2-3,10H2,1H3. The zero-order chi connectivity index (χ0) is 8.72. The van der Waals surface area contributed by atoms with E-state index in [-0.39, 0.29) is 0 Å². The molecule has 1 fully saturated rings. The summed E-state index contributed by atoms with van der Waals surface area (Å²) >= 11 is 0. The van der Waals surface area contributed by atoms with Crippen molar-refractivity contribution in [2.45, 2.75) is 31.9 Å². The SMILES string of the molecule is Cc1cc(C(N)O)c(C2CC2)[nH]1. The van der Waals surface area contributed by atoms with E-state index in [1.807, 2.05) is 13.0 Å². The number of aromatic nitrogens is 1. The van der Waals surface area contributed by atoms with Crippen LogP contribution in [0.2, 0.25) is 0 Å². The number of nitrogens with two attached hydrogens (primary N) is 1. The van der Waals surface area contributed by atoms with E-state index in [9.17, 15) is 5.11 Å². The molecule has 1 aliphatic rings. The molecule has 3 nitrogen and oxygen atoms in total. The van der Waals surface area contributed by atoms with Crippen molar-refractivity contribution in [1.82, 2.24) is 4.98 Å². The van der Waals surface area contributed by atoms with E-state index in [4.69, 9.17) is 5.73 Å². The summed E-state index contributed by atoms with van der Waals surface area (Å²) in [5, 5.41) is 9.25. The Labute approximate surface area is 71.6 Å². The van der Waals surface area contributed by atoms with Gasteiger partial charge in [-0.3, -0.25) is 0 Å². The molecule has 1 aromatic rings. The third-order valence-corrected chi connectivity index (χ3v) is 2.32. The number of rotatable bonds is 2. The van der Waals surface area contributed by atoms with Crippen LogP contribution in [-0.4, -0.2) is 10.1 Å². The lowest BCUT2D eigenvalue weighted by Gasteiger charge is -2.04. The number of aryl methyl sites for hydroxylation is 1. The monoisotopic (exact) mass is 166 g/mol. The van der Waals surface area contributed by atoms with E-state index in [1.54, 1.807) is 0 Å². The molecule has 0 amide bonds. The minimum Gasteiger partial charge on any atom is -0.374 e. The zero-order valence-corrected chi connectivity index (χ0v) is 7.17. The van der Waals surface area contributed by atoms with Crippen LogP contribution in [0.15, 0.2) is 6.07 Å². The summed E-state index contributed by atoms with van der Waals surface area (Å²) in [6, 6.07) is 1.93. The van der Waals surface area contributed by atoms with E-state index in [2.05, 4.69) is 4.98 Å². The summed E-state index contributed by atoms with van der Waals surface area (Å²) in [4.78, 5) is 3.25. The van der Waals surface area contributed by atoms with Crippen LogP contribution in [0.25, 0.3) is 0 Å². The number of nitrogens with one attached hydrogen (secondary N) is 1. The van der Waals surface area contributed by atoms with E-state index in [0.717, 1.165) is 17.0 Å². The third kappa shape index (κ3) is 1.26. The van der Waals surface area contributed by atoms with Crippen molar-refractivity contribution in [2.75, 3.05) is 0 Å². The molecular weight excluding hydrogens is 152 g/mol. The molecule has 0 bridgehead atoms. The summed E-state index contributed by atoms with van der Waals surface area (Å²) < 4.78 is 0. The van der Waals surface area contributed by atoms with Gasteiger partial charge in [0.25, 0.3) is 0 Å². The predicted octanol–water partition coefficient (Wildman–Crippen LogP) is 1.15. The molecule has 1 aliphatic carbocycles. The molecule has 1 saturated carbocycles. The molecule has 2 rings (SSSR count). The van der Waals surface area contributed by atoms with Crippen molar-refractivity contribution in [3.8, 4) is 0 Å². The Kier molecular flexibility index (Phi) is 1.70. The number of aromatic amines is 1. The predicted molar refractivity (Wildman–Crippen MR) is 46.7 cm³/mol. The van der Waals surface area contributed by atoms with Gasteiger partial charge in [0.05, 0.1) is 0 Å². The molecule has 0 aliphatic heterocycles. The molecular formula is C9H14N2O. The highest BCUT2D eigenvalue weighted by Crippen LogP contribution is 2.42. The normalized spacial score (nSPS) is 19.6. The number of H-pyrrole nitrogens is 1. The molecule has 0 radical (unpaired) electrons. The van der Waals surface area contributed by atoms with Gasteiger partial charge in [-0.15, -0.1) is 0 Å². The van der Waals surface area contributed by atoms with Crippen molar-refractivity contribution >= 4 is 0 Å². The van der Waals surface area contributed by atoms with Gasteiger partial charge in [0.1, 0.15) is 6.23 Å². The smallest absolute Gasteiger partial charge is 0.130 e. The molecule has 3 heteroatoms. The van der Waals surface area contributed by atoms with Crippen LogP contribution in [0, 0.1) is 6.92 Å². The maximum atomic E-state index is 9.25.